The molecule has 0 spiro atoms. The van der Waals surface area contributed by atoms with Crippen LogP contribution in [0.3, 0.4) is 0 Å². The van der Waals surface area contributed by atoms with E-state index >= 15 is 0 Å². The lowest BCUT2D eigenvalue weighted by Crippen LogP contribution is -2.30. The van der Waals surface area contributed by atoms with Gasteiger partial charge in [-0.1, -0.05) is 48.5 Å². The molecule has 0 N–H and O–H groups in total. The van der Waals surface area contributed by atoms with Crippen LogP contribution in [0.25, 0.3) is 17.0 Å². The van der Waals surface area contributed by atoms with Gasteiger partial charge in [0.2, 0.25) is 0 Å². The van der Waals surface area contributed by atoms with Crippen LogP contribution >= 0.6 is 0 Å². The molecule has 0 unspecified atom stereocenters. The van der Waals surface area contributed by atoms with Crippen molar-refractivity contribution in [2.24, 2.45) is 0 Å². The Morgan fingerprint density at radius 1 is 1.07 bits per heavy atom. The molecule has 3 aromatic rings. The van der Waals surface area contributed by atoms with Crippen molar-refractivity contribution in [2.45, 2.75) is 25.6 Å². The van der Waals surface area contributed by atoms with Crippen molar-refractivity contribution >= 4 is 5.57 Å². The Balaban J connectivity index is 1.62. The van der Waals surface area contributed by atoms with E-state index in [-0.39, 0.29) is 5.82 Å². The third-order valence-electron chi connectivity index (χ3n) is 4.61. The Morgan fingerprint density at radius 3 is 2.71 bits per heavy atom. The summed E-state index contributed by atoms with van der Waals surface area (Å²) in [6, 6.07) is 15.6. The van der Waals surface area contributed by atoms with Crippen molar-refractivity contribution in [3.8, 4) is 11.4 Å². The summed E-state index contributed by atoms with van der Waals surface area (Å²) in [6.07, 6.45) is 0.136. The normalized spacial score (nSPS) is 13.3. The van der Waals surface area contributed by atoms with Gasteiger partial charge in [0.05, 0.1) is 6.20 Å². The maximum Gasteiger partial charge on any atom is 0.408 e. The van der Waals surface area contributed by atoms with Crippen LogP contribution in [-0.2, 0) is 19.4 Å². The van der Waals surface area contributed by atoms with E-state index < -0.39 is 18.3 Å². The molecule has 0 aliphatic heterocycles. The van der Waals surface area contributed by atoms with Crippen molar-refractivity contribution < 1.29 is 13.2 Å². The van der Waals surface area contributed by atoms with Crippen molar-refractivity contribution in [3.63, 3.8) is 0 Å². The smallest absolute Gasteiger partial charge is 0.266 e. The number of nitrogens with zero attached hydrogens (tertiary/aromatic N) is 3. The zero-order chi connectivity index (χ0) is 19.7. The standard InChI is InChI=1S/C21H16F3N3O/c22-21(23,24)13-27-19(28)12-25-20(26-27)17-6-3-4-14(11-17)10-16-9-8-15-5-1-2-7-18(15)16/h1-7,9,11-12H,8,10,13H2. The Bertz CT molecular complexity index is 1120. The predicted octanol–water partition coefficient (Wildman–Crippen LogP) is 4.05. The predicted molar refractivity (Wildman–Crippen MR) is 99.6 cm³/mol. The first kappa shape index (κ1) is 18.2. The van der Waals surface area contributed by atoms with Crippen molar-refractivity contribution in [1.82, 2.24) is 14.8 Å². The minimum Gasteiger partial charge on any atom is -0.266 e. The van der Waals surface area contributed by atoms with Crippen LogP contribution in [0.1, 0.15) is 16.7 Å². The second-order valence-electron chi connectivity index (χ2n) is 6.66. The first-order chi connectivity index (χ1) is 13.4. The molecule has 0 fully saturated rings. The average Bonchev–Trinajstić information content (AvgIpc) is 3.06. The number of aromatic nitrogens is 3. The number of hydrogen-bond donors (Lipinski definition) is 0. The highest BCUT2D eigenvalue weighted by Gasteiger charge is 2.29. The van der Waals surface area contributed by atoms with E-state index in [1.807, 2.05) is 30.3 Å². The topological polar surface area (TPSA) is 47.8 Å². The van der Waals surface area contributed by atoms with Crippen molar-refractivity contribution in [2.75, 3.05) is 0 Å². The van der Waals surface area contributed by atoms with E-state index in [0.717, 1.165) is 18.2 Å². The van der Waals surface area contributed by atoms with Crippen LogP contribution in [0, 0.1) is 0 Å². The minimum atomic E-state index is -4.53. The van der Waals surface area contributed by atoms with Gasteiger partial charge < -0.3 is 0 Å². The van der Waals surface area contributed by atoms with Gasteiger partial charge >= 0.3 is 6.18 Å². The molecule has 0 saturated carbocycles. The van der Waals surface area contributed by atoms with Gasteiger partial charge in [0, 0.05) is 5.56 Å². The average molecular weight is 383 g/mol. The quantitative estimate of drug-likeness (QED) is 0.683. The third-order valence-corrected chi connectivity index (χ3v) is 4.61. The summed E-state index contributed by atoms with van der Waals surface area (Å²) in [5, 5.41) is 3.80. The fourth-order valence-electron chi connectivity index (χ4n) is 3.35. The molecule has 4 rings (SSSR count). The van der Waals surface area contributed by atoms with E-state index in [1.165, 1.54) is 16.7 Å². The summed E-state index contributed by atoms with van der Waals surface area (Å²) < 4.78 is 38.3. The second kappa shape index (κ2) is 7.07. The first-order valence-corrected chi connectivity index (χ1v) is 8.76. The molecule has 0 amide bonds. The van der Waals surface area contributed by atoms with Crippen LogP contribution in [0.4, 0.5) is 13.2 Å². The zero-order valence-corrected chi connectivity index (χ0v) is 14.8. The summed E-state index contributed by atoms with van der Waals surface area (Å²) in [6.45, 7) is -1.44. The summed E-state index contributed by atoms with van der Waals surface area (Å²) in [5.41, 5.74) is 4.41. The zero-order valence-electron chi connectivity index (χ0n) is 14.8. The third kappa shape index (κ3) is 3.88. The molecule has 2 aromatic carbocycles. The summed E-state index contributed by atoms with van der Waals surface area (Å²) in [4.78, 5) is 15.5. The molecule has 0 atom stereocenters. The molecule has 28 heavy (non-hydrogen) atoms. The monoisotopic (exact) mass is 383 g/mol. The summed E-state index contributed by atoms with van der Waals surface area (Å²) in [7, 11) is 0. The van der Waals surface area contributed by atoms with Crippen LogP contribution in [0.2, 0.25) is 0 Å². The molecule has 1 aliphatic rings. The second-order valence-corrected chi connectivity index (χ2v) is 6.66. The highest BCUT2D eigenvalue weighted by atomic mass is 19.4. The fourth-order valence-corrected chi connectivity index (χ4v) is 3.35. The first-order valence-electron chi connectivity index (χ1n) is 8.76. The van der Waals surface area contributed by atoms with Gasteiger partial charge in [0.15, 0.2) is 5.82 Å². The number of benzene rings is 2. The molecule has 0 bridgehead atoms. The molecule has 1 heterocycles. The molecule has 142 valence electrons. The molecular weight excluding hydrogens is 367 g/mol. The van der Waals surface area contributed by atoms with E-state index in [9.17, 15) is 18.0 Å². The number of rotatable bonds is 4. The van der Waals surface area contributed by atoms with E-state index in [2.05, 4.69) is 28.3 Å². The minimum absolute atomic E-state index is 0.0894. The lowest BCUT2D eigenvalue weighted by Gasteiger charge is -2.10. The maximum atomic E-state index is 12.6. The Kier molecular flexibility index (Phi) is 4.58. The van der Waals surface area contributed by atoms with E-state index in [4.69, 9.17) is 0 Å². The number of allylic oxidation sites excluding steroid dienone is 2. The molecule has 0 saturated heterocycles. The van der Waals surface area contributed by atoms with Crippen molar-refractivity contribution in [1.29, 1.82) is 0 Å². The van der Waals surface area contributed by atoms with Gasteiger partial charge in [-0.15, -0.1) is 5.10 Å². The molecule has 1 aromatic heterocycles. The van der Waals surface area contributed by atoms with Crippen LogP contribution in [0.5, 0.6) is 0 Å². The van der Waals surface area contributed by atoms with Crippen LogP contribution in [-0.4, -0.2) is 20.9 Å². The molecule has 7 heteroatoms. The lowest BCUT2D eigenvalue weighted by atomic mass is 9.98. The molecule has 4 nitrogen and oxygen atoms in total. The Hall–Kier alpha value is -3.22. The molecular formula is C21H16F3N3O. The number of hydrogen-bond acceptors (Lipinski definition) is 3. The lowest BCUT2D eigenvalue weighted by molar-refractivity contribution is -0.143. The van der Waals surface area contributed by atoms with Crippen LogP contribution < -0.4 is 5.56 Å². The number of alkyl halides is 3. The van der Waals surface area contributed by atoms with Crippen molar-refractivity contribution in [3.05, 3.63) is 87.8 Å². The molecule has 1 aliphatic carbocycles. The van der Waals surface area contributed by atoms with Gasteiger partial charge in [-0.3, -0.25) is 4.79 Å². The Morgan fingerprint density at radius 2 is 1.89 bits per heavy atom. The van der Waals surface area contributed by atoms with Gasteiger partial charge in [-0.05, 0) is 41.2 Å². The number of halogens is 3. The molecule has 0 radical (unpaired) electrons. The van der Waals surface area contributed by atoms with Gasteiger partial charge in [0.25, 0.3) is 5.56 Å². The highest BCUT2D eigenvalue weighted by molar-refractivity contribution is 5.75. The highest BCUT2D eigenvalue weighted by Crippen LogP contribution is 2.30. The van der Waals surface area contributed by atoms with Gasteiger partial charge in [-0.2, -0.15) is 13.2 Å². The van der Waals surface area contributed by atoms with Gasteiger partial charge in [0.1, 0.15) is 6.54 Å². The SMILES string of the molecule is O=c1cnc(-c2cccc(CC3=CCc4ccccc43)c2)nn1CC(F)(F)F. The van der Waals surface area contributed by atoms with Gasteiger partial charge in [-0.25, -0.2) is 9.67 Å². The fraction of sp³-hybridized carbons (Fsp3) is 0.190. The number of fused-ring (bicyclic) bond motifs is 1. The van der Waals surface area contributed by atoms with E-state index in [0.29, 0.717) is 16.7 Å². The largest absolute Gasteiger partial charge is 0.408 e. The summed E-state index contributed by atoms with van der Waals surface area (Å²) >= 11 is 0. The Labute approximate surface area is 159 Å². The summed E-state index contributed by atoms with van der Waals surface area (Å²) in [5.74, 6) is 0.0894. The van der Waals surface area contributed by atoms with E-state index in [1.54, 1.807) is 6.07 Å². The van der Waals surface area contributed by atoms with Crippen LogP contribution in [0.15, 0.2) is 65.6 Å². The maximum absolute atomic E-state index is 12.6.